The van der Waals surface area contributed by atoms with Crippen molar-refractivity contribution in [2.24, 2.45) is 0 Å². The fourth-order valence-corrected chi connectivity index (χ4v) is 1.97. The maximum absolute atomic E-state index is 13.0. The Hall–Kier alpha value is -2.61. The average molecular weight is 360 g/mol. The first-order valence-electron chi connectivity index (χ1n) is 6.45. The van der Waals surface area contributed by atoms with E-state index in [1.54, 1.807) is 0 Å². The number of nitro groups is 1. The van der Waals surface area contributed by atoms with Crippen molar-refractivity contribution >= 4 is 23.1 Å². The maximum atomic E-state index is 13.0. The Bertz CT molecular complexity index is 775. The molecule has 0 saturated heterocycles. The normalized spacial score (nSPS) is 11.2. The van der Waals surface area contributed by atoms with Crippen LogP contribution < -0.4 is 4.74 Å². The van der Waals surface area contributed by atoms with E-state index in [2.05, 4.69) is 0 Å². The highest BCUT2D eigenvalue weighted by atomic mass is 35.5. The Balaban J connectivity index is 2.21. The molecule has 0 radical (unpaired) electrons. The molecule has 0 heterocycles. The summed E-state index contributed by atoms with van der Waals surface area (Å²) in [5.41, 5.74) is -1.82. The van der Waals surface area contributed by atoms with Gasteiger partial charge in [-0.25, -0.2) is 0 Å². The summed E-state index contributed by atoms with van der Waals surface area (Å²) in [4.78, 5) is 21.6. The fraction of sp³-hybridized carbons (Fsp3) is 0.133. The maximum Gasteiger partial charge on any atom is 0.420 e. The molecule has 0 amide bonds. The molecule has 0 aliphatic heterocycles. The van der Waals surface area contributed by atoms with Crippen molar-refractivity contribution in [3.63, 3.8) is 0 Å². The molecule has 0 saturated carbocycles. The smallest absolute Gasteiger partial charge is 0.420 e. The van der Waals surface area contributed by atoms with Crippen molar-refractivity contribution in [1.29, 1.82) is 0 Å². The van der Waals surface area contributed by atoms with E-state index in [1.165, 1.54) is 24.3 Å². The van der Waals surface area contributed by atoms with Crippen LogP contribution in [0, 0.1) is 10.1 Å². The molecule has 0 unspecified atom stereocenters. The Morgan fingerprint density at radius 1 is 1.17 bits per heavy atom. The zero-order valence-electron chi connectivity index (χ0n) is 11.8. The molecule has 2 aromatic rings. The van der Waals surface area contributed by atoms with Gasteiger partial charge in [0.05, 0.1) is 4.92 Å². The number of Topliss-reactive ketones (excluding diaryl/α,β-unsaturated/α-hetero) is 1. The molecule has 0 aromatic heterocycles. The van der Waals surface area contributed by atoms with E-state index in [1.807, 2.05) is 0 Å². The van der Waals surface area contributed by atoms with Crippen LogP contribution in [0.4, 0.5) is 18.9 Å². The van der Waals surface area contributed by atoms with Gasteiger partial charge in [0.2, 0.25) is 0 Å². The minimum absolute atomic E-state index is 0.217. The van der Waals surface area contributed by atoms with Crippen molar-refractivity contribution in [1.82, 2.24) is 0 Å². The number of nitrogens with zero attached hydrogens (tertiary/aromatic N) is 1. The molecule has 9 heteroatoms. The van der Waals surface area contributed by atoms with Gasteiger partial charge in [-0.1, -0.05) is 11.6 Å². The lowest BCUT2D eigenvalue weighted by Crippen LogP contribution is -2.15. The van der Waals surface area contributed by atoms with Gasteiger partial charge in [-0.2, -0.15) is 13.2 Å². The molecule has 0 N–H and O–H groups in total. The van der Waals surface area contributed by atoms with Gasteiger partial charge in [-0.05, 0) is 30.3 Å². The molecule has 0 aliphatic carbocycles. The molecular weight excluding hydrogens is 351 g/mol. The van der Waals surface area contributed by atoms with Crippen molar-refractivity contribution in [2.75, 3.05) is 6.61 Å². The second-order valence-corrected chi connectivity index (χ2v) is 5.09. The minimum atomic E-state index is -4.86. The number of carbonyl (C=O) groups excluding carboxylic acids is 1. The number of ketones is 1. The SMILES string of the molecule is O=C(COc1ccc([N+](=O)[O-])cc1C(F)(F)F)c1ccc(Cl)cc1. The molecule has 24 heavy (non-hydrogen) atoms. The van der Waals surface area contributed by atoms with E-state index in [4.69, 9.17) is 16.3 Å². The average Bonchev–Trinajstić information content (AvgIpc) is 2.52. The van der Waals surface area contributed by atoms with E-state index in [0.29, 0.717) is 11.1 Å². The first kappa shape index (κ1) is 17.7. The Morgan fingerprint density at radius 3 is 2.33 bits per heavy atom. The molecule has 0 bridgehead atoms. The summed E-state index contributed by atoms with van der Waals surface area (Å²) < 4.78 is 43.9. The summed E-state index contributed by atoms with van der Waals surface area (Å²) in [7, 11) is 0. The zero-order chi connectivity index (χ0) is 17.9. The molecular formula is C15H9ClF3NO4. The monoisotopic (exact) mass is 359 g/mol. The summed E-state index contributed by atoms with van der Waals surface area (Å²) in [5, 5.41) is 11.0. The third-order valence-electron chi connectivity index (χ3n) is 3.00. The van der Waals surface area contributed by atoms with Gasteiger partial charge in [0, 0.05) is 22.7 Å². The first-order valence-corrected chi connectivity index (χ1v) is 6.83. The van der Waals surface area contributed by atoms with Crippen LogP contribution in [0.25, 0.3) is 0 Å². The highest BCUT2D eigenvalue weighted by Crippen LogP contribution is 2.38. The van der Waals surface area contributed by atoms with E-state index in [9.17, 15) is 28.1 Å². The number of nitro benzene ring substituents is 1. The summed E-state index contributed by atoms with van der Waals surface area (Å²) in [6, 6.07) is 7.79. The van der Waals surface area contributed by atoms with Crippen molar-refractivity contribution in [3.8, 4) is 5.75 Å². The van der Waals surface area contributed by atoms with E-state index >= 15 is 0 Å². The molecule has 5 nitrogen and oxygen atoms in total. The van der Waals surface area contributed by atoms with Gasteiger partial charge in [0.15, 0.2) is 12.4 Å². The van der Waals surface area contributed by atoms with E-state index in [0.717, 1.165) is 12.1 Å². The quantitative estimate of drug-likeness (QED) is 0.447. The standard InChI is InChI=1S/C15H9ClF3NO4/c16-10-3-1-9(2-4-10)13(21)8-24-14-6-5-11(20(22)23)7-12(14)15(17,18)19/h1-7H,8H2. The minimum Gasteiger partial charge on any atom is -0.485 e. The first-order chi connectivity index (χ1) is 11.2. The van der Waals surface area contributed by atoms with Crippen molar-refractivity contribution in [2.45, 2.75) is 6.18 Å². The second kappa shape index (κ2) is 6.88. The Labute approximate surface area is 138 Å². The molecule has 0 atom stereocenters. The molecule has 0 spiro atoms. The lowest BCUT2D eigenvalue weighted by molar-refractivity contribution is -0.385. The van der Waals surface area contributed by atoms with Crippen molar-refractivity contribution < 1.29 is 27.6 Å². The number of non-ortho nitro benzene ring substituents is 1. The molecule has 2 aromatic carbocycles. The lowest BCUT2D eigenvalue weighted by Gasteiger charge is -2.13. The molecule has 0 fully saturated rings. The number of halogens is 4. The number of alkyl halides is 3. The van der Waals surface area contributed by atoms with Gasteiger partial charge in [0.25, 0.3) is 5.69 Å². The van der Waals surface area contributed by atoms with Crippen LogP contribution in [0.2, 0.25) is 5.02 Å². The number of rotatable bonds is 5. The van der Waals surface area contributed by atoms with Gasteiger partial charge >= 0.3 is 6.18 Å². The van der Waals surface area contributed by atoms with Crippen LogP contribution in [0.5, 0.6) is 5.75 Å². The van der Waals surface area contributed by atoms with Gasteiger partial charge < -0.3 is 4.74 Å². The molecule has 0 aliphatic rings. The summed E-state index contributed by atoms with van der Waals surface area (Å²) >= 11 is 5.68. The van der Waals surface area contributed by atoms with Gasteiger partial charge in [-0.15, -0.1) is 0 Å². The predicted molar refractivity (Wildman–Crippen MR) is 79.4 cm³/mol. The number of carbonyl (C=O) groups is 1. The van der Waals surface area contributed by atoms with Crippen LogP contribution in [-0.4, -0.2) is 17.3 Å². The third kappa shape index (κ3) is 4.23. The van der Waals surface area contributed by atoms with Crippen LogP contribution >= 0.6 is 11.6 Å². The van der Waals surface area contributed by atoms with Gasteiger partial charge in [-0.3, -0.25) is 14.9 Å². The fourth-order valence-electron chi connectivity index (χ4n) is 1.84. The summed E-state index contributed by atoms with van der Waals surface area (Å²) in [6.07, 6.45) is -4.86. The van der Waals surface area contributed by atoms with Gasteiger partial charge in [0.1, 0.15) is 11.3 Å². The number of hydrogen-bond acceptors (Lipinski definition) is 4. The summed E-state index contributed by atoms with van der Waals surface area (Å²) in [6.45, 7) is -0.650. The summed E-state index contributed by atoms with van der Waals surface area (Å²) in [5.74, 6) is -1.21. The van der Waals surface area contributed by atoms with Crippen LogP contribution in [0.1, 0.15) is 15.9 Å². The number of benzene rings is 2. The Kier molecular flexibility index (Phi) is 5.08. The van der Waals surface area contributed by atoms with Crippen molar-refractivity contribution in [3.05, 3.63) is 68.7 Å². The number of ether oxygens (including phenoxy) is 1. The number of hydrogen-bond donors (Lipinski definition) is 0. The molecule has 2 rings (SSSR count). The largest absolute Gasteiger partial charge is 0.485 e. The van der Waals surface area contributed by atoms with E-state index < -0.39 is 40.5 Å². The predicted octanol–water partition coefficient (Wildman–Crippen LogP) is 4.53. The van der Waals surface area contributed by atoms with Crippen LogP contribution in [0.15, 0.2) is 42.5 Å². The zero-order valence-corrected chi connectivity index (χ0v) is 12.6. The highest BCUT2D eigenvalue weighted by Gasteiger charge is 2.36. The highest BCUT2D eigenvalue weighted by molar-refractivity contribution is 6.30. The van der Waals surface area contributed by atoms with Crippen LogP contribution in [-0.2, 0) is 6.18 Å². The lowest BCUT2D eigenvalue weighted by atomic mass is 10.1. The van der Waals surface area contributed by atoms with Crippen LogP contribution in [0.3, 0.4) is 0 Å². The topological polar surface area (TPSA) is 69.4 Å². The third-order valence-corrected chi connectivity index (χ3v) is 3.26. The second-order valence-electron chi connectivity index (χ2n) is 4.65. The Morgan fingerprint density at radius 2 is 1.79 bits per heavy atom. The van der Waals surface area contributed by atoms with E-state index in [-0.39, 0.29) is 5.56 Å². The molecule has 126 valence electrons.